The van der Waals surface area contributed by atoms with E-state index in [1.54, 1.807) is 24.3 Å². The summed E-state index contributed by atoms with van der Waals surface area (Å²) in [6.07, 6.45) is 4.11. The van der Waals surface area contributed by atoms with Gasteiger partial charge in [0.05, 0.1) is 5.39 Å². The molecule has 0 saturated heterocycles. The number of carbonyl (C=O) groups excluding carboxylic acids is 3. The second-order valence-corrected chi connectivity index (χ2v) is 6.25. The minimum absolute atomic E-state index is 0.0550. The van der Waals surface area contributed by atoms with Gasteiger partial charge in [0.2, 0.25) is 0 Å². The van der Waals surface area contributed by atoms with Gasteiger partial charge in [-0.25, -0.2) is 14.3 Å². The highest BCUT2D eigenvalue weighted by atomic mass is 16.5. The standard InChI is InChI=1S/C20H24N4O5/c1-3-5-8-12-24-18(26)15-10-7-6-9-14(15)17(23-24)19(27)29-13-16(25)22-20(28)21-11-4-2/h4,6-7,9-10H,2-3,5,8,11-13H2,1H3,(H2,21,22,25,28). The van der Waals surface area contributed by atoms with Crippen LogP contribution in [0.3, 0.4) is 0 Å². The first-order valence-corrected chi connectivity index (χ1v) is 9.33. The summed E-state index contributed by atoms with van der Waals surface area (Å²) in [5.41, 5.74) is -0.342. The van der Waals surface area contributed by atoms with Crippen molar-refractivity contribution in [1.29, 1.82) is 0 Å². The average molecular weight is 400 g/mol. The largest absolute Gasteiger partial charge is 0.451 e. The van der Waals surface area contributed by atoms with E-state index in [4.69, 9.17) is 4.74 Å². The summed E-state index contributed by atoms with van der Waals surface area (Å²) >= 11 is 0. The molecule has 0 saturated carbocycles. The van der Waals surface area contributed by atoms with Gasteiger partial charge in [-0.1, -0.05) is 44.0 Å². The molecule has 0 bridgehead atoms. The summed E-state index contributed by atoms with van der Waals surface area (Å²) < 4.78 is 6.24. The highest BCUT2D eigenvalue weighted by molar-refractivity contribution is 6.03. The minimum Gasteiger partial charge on any atom is -0.451 e. The van der Waals surface area contributed by atoms with Gasteiger partial charge >= 0.3 is 12.0 Å². The van der Waals surface area contributed by atoms with Gasteiger partial charge in [0.1, 0.15) is 0 Å². The molecule has 9 nitrogen and oxygen atoms in total. The second kappa shape index (κ2) is 10.7. The zero-order valence-corrected chi connectivity index (χ0v) is 16.3. The predicted molar refractivity (Wildman–Crippen MR) is 108 cm³/mol. The van der Waals surface area contributed by atoms with Crippen LogP contribution in [0.2, 0.25) is 0 Å². The van der Waals surface area contributed by atoms with Crippen LogP contribution in [0.4, 0.5) is 4.79 Å². The number of urea groups is 1. The Morgan fingerprint density at radius 3 is 2.62 bits per heavy atom. The Hall–Kier alpha value is -3.49. The number of fused-ring (bicyclic) bond motifs is 1. The van der Waals surface area contributed by atoms with E-state index in [0.717, 1.165) is 19.3 Å². The predicted octanol–water partition coefficient (Wildman–Crippen LogP) is 1.76. The lowest BCUT2D eigenvalue weighted by Gasteiger charge is -2.11. The molecular formula is C20H24N4O5. The molecule has 2 rings (SSSR count). The van der Waals surface area contributed by atoms with Crippen LogP contribution in [-0.4, -0.2) is 40.8 Å². The monoisotopic (exact) mass is 400 g/mol. The SMILES string of the molecule is C=CCNC(=O)NC(=O)COC(=O)c1nn(CCCCC)c(=O)c2ccccc12. The van der Waals surface area contributed by atoms with Gasteiger partial charge in [0.25, 0.3) is 11.5 Å². The zero-order valence-electron chi connectivity index (χ0n) is 16.3. The number of carbonyl (C=O) groups is 3. The van der Waals surface area contributed by atoms with Gasteiger partial charge in [-0.15, -0.1) is 6.58 Å². The van der Waals surface area contributed by atoms with Crippen LogP contribution in [0, 0.1) is 0 Å². The summed E-state index contributed by atoms with van der Waals surface area (Å²) in [4.78, 5) is 48.3. The van der Waals surface area contributed by atoms with Crippen LogP contribution >= 0.6 is 0 Å². The van der Waals surface area contributed by atoms with Gasteiger partial charge < -0.3 is 10.1 Å². The molecule has 3 amide bonds. The molecule has 2 N–H and O–H groups in total. The number of imide groups is 1. The summed E-state index contributed by atoms with van der Waals surface area (Å²) in [5.74, 6) is -1.65. The molecule has 1 aromatic carbocycles. The van der Waals surface area contributed by atoms with E-state index >= 15 is 0 Å². The maximum absolute atomic E-state index is 12.6. The molecule has 0 radical (unpaired) electrons. The lowest BCUT2D eigenvalue weighted by molar-refractivity contribution is -0.123. The maximum Gasteiger partial charge on any atom is 0.359 e. The van der Waals surface area contributed by atoms with Crippen molar-refractivity contribution in [3.8, 4) is 0 Å². The number of nitrogens with zero attached hydrogens (tertiary/aromatic N) is 2. The number of aromatic nitrogens is 2. The third kappa shape index (κ3) is 6.00. The first kappa shape index (κ1) is 21.8. The number of ether oxygens (including phenoxy) is 1. The molecule has 0 aliphatic carbocycles. The third-order valence-corrected chi connectivity index (χ3v) is 4.03. The summed E-state index contributed by atoms with van der Waals surface area (Å²) in [5, 5.41) is 9.24. The van der Waals surface area contributed by atoms with Gasteiger partial charge in [-0.05, 0) is 12.5 Å². The van der Waals surface area contributed by atoms with Crippen molar-refractivity contribution >= 4 is 28.7 Å². The van der Waals surface area contributed by atoms with Gasteiger partial charge in [0, 0.05) is 18.5 Å². The first-order chi connectivity index (χ1) is 14.0. The topological polar surface area (TPSA) is 119 Å². The van der Waals surface area contributed by atoms with Crippen molar-refractivity contribution in [3.05, 3.63) is 53.0 Å². The highest BCUT2D eigenvalue weighted by Gasteiger charge is 2.19. The van der Waals surface area contributed by atoms with Crippen molar-refractivity contribution in [1.82, 2.24) is 20.4 Å². The molecule has 0 unspecified atom stereocenters. The molecule has 1 aromatic heterocycles. The summed E-state index contributed by atoms with van der Waals surface area (Å²) in [6.45, 7) is 5.39. The van der Waals surface area contributed by atoms with Crippen molar-refractivity contribution < 1.29 is 19.1 Å². The molecule has 29 heavy (non-hydrogen) atoms. The Bertz CT molecular complexity index is 967. The number of aryl methyl sites for hydroxylation is 1. The summed E-state index contributed by atoms with van der Waals surface area (Å²) in [6, 6.07) is 5.87. The Morgan fingerprint density at radius 1 is 1.21 bits per heavy atom. The molecule has 0 fully saturated rings. The smallest absolute Gasteiger partial charge is 0.359 e. The normalized spacial score (nSPS) is 10.4. The first-order valence-electron chi connectivity index (χ1n) is 9.33. The van der Waals surface area contributed by atoms with E-state index in [-0.39, 0.29) is 17.8 Å². The maximum atomic E-state index is 12.6. The van der Waals surface area contributed by atoms with Crippen LogP contribution < -0.4 is 16.2 Å². The van der Waals surface area contributed by atoms with Gasteiger partial charge in [-0.2, -0.15) is 5.10 Å². The van der Waals surface area contributed by atoms with Gasteiger partial charge in [-0.3, -0.25) is 14.9 Å². The molecule has 0 atom stereocenters. The number of esters is 1. The van der Waals surface area contributed by atoms with Crippen molar-refractivity contribution in [2.75, 3.05) is 13.2 Å². The van der Waals surface area contributed by atoms with Crippen LogP contribution in [-0.2, 0) is 16.1 Å². The molecule has 2 aromatic rings. The molecule has 0 spiro atoms. The van der Waals surface area contributed by atoms with Crippen LogP contribution in [0.5, 0.6) is 0 Å². The van der Waals surface area contributed by atoms with E-state index < -0.39 is 24.5 Å². The van der Waals surface area contributed by atoms with E-state index in [1.807, 2.05) is 12.2 Å². The molecule has 154 valence electrons. The zero-order chi connectivity index (χ0) is 21.2. The molecular weight excluding hydrogens is 376 g/mol. The Balaban J connectivity index is 2.16. The van der Waals surface area contributed by atoms with Crippen LogP contribution in [0.25, 0.3) is 10.8 Å². The fourth-order valence-corrected chi connectivity index (χ4v) is 2.62. The number of hydrogen-bond donors (Lipinski definition) is 2. The number of benzene rings is 1. The fourth-order valence-electron chi connectivity index (χ4n) is 2.62. The lowest BCUT2D eigenvalue weighted by Crippen LogP contribution is -2.41. The molecule has 0 aliphatic rings. The number of amides is 3. The van der Waals surface area contributed by atoms with Crippen molar-refractivity contribution in [2.45, 2.75) is 32.7 Å². The Morgan fingerprint density at radius 2 is 1.93 bits per heavy atom. The number of nitrogens with one attached hydrogen (secondary N) is 2. The van der Waals surface area contributed by atoms with Gasteiger partial charge in [0.15, 0.2) is 12.3 Å². The van der Waals surface area contributed by atoms with E-state index in [9.17, 15) is 19.2 Å². The lowest BCUT2D eigenvalue weighted by atomic mass is 10.1. The number of hydrogen-bond acceptors (Lipinski definition) is 6. The molecule has 9 heteroatoms. The van der Waals surface area contributed by atoms with Crippen molar-refractivity contribution in [2.24, 2.45) is 0 Å². The highest BCUT2D eigenvalue weighted by Crippen LogP contribution is 2.14. The van der Waals surface area contributed by atoms with E-state index in [2.05, 4.69) is 17.0 Å². The average Bonchev–Trinajstić information content (AvgIpc) is 2.72. The second-order valence-electron chi connectivity index (χ2n) is 6.25. The number of unbranched alkanes of at least 4 members (excludes halogenated alkanes) is 2. The summed E-state index contributed by atoms with van der Waals surface area (Å²) in [7, 11) is 0. The molecule has 0 aliphatic heterocycles. The van der Waals surface area contributed by atoms with Crippen molar-refractivity contribution in [3.63, 3.8) is 0 Å². The molecule has 1 heterocycles. The Labute approximate surface area is 167 Å². The third-order valence-electron chi connectivity index (χ3n) is 4.03. The van der Waals surface area contributed by atoms with E-state index in [0.29, 0.717) is 17.3 Å². The minimum atomic E-state index is -0.855. The van der Waals surface area contributed by atoms with Crippen LogP contribution in [0.1, 0.15) is 36.7 Å². The fraction of sp³-hybridized carbons (Fsp3) is 0.350. The number of rotatable bonds is 9. The Kier molecular flexibility index (Phi) is 8.08. The van der Waals surface area contributed by atoms with Crippen LogP contribution in [0.15, 0.2) is 41.7 Å². The van der Waals surface area contributed by atoms with E-state index in [1.165, 1.54) is 10.8 Å². The quantitative estimate of drug-likeness (QED) is 0.376.